The second-order valence-electron chi connectivity index (χ2n) is 3.52. The molecule has 1 aliphatic carbocycles. The third-order valence-electron chi connectivity index (χ3n) is 2.49. The molecule has 0 spiro atoms. The van der Waals surface area contributed by atoms with Crippen LogP contribution in [0.3, 0.4) is 0 Å². The number of furan rings is 1. The monoisotopic (exact) mass is 201 g/mol. The van der Waals surface area contributed by atoms with Gasteiger partial charge in [0.2, 0.25) is 0 Å². The fourth-order valence-electron chi connectivity index (χ4n) is 1.45. The summed E-state index contributed by atoms with van der Waals surface area (Å²) in [5.74, 6) is 2.69. The summed E-state index contributed by atoms with van der Waals surface area (Å²) in [5, 5.41) is 0. The van der Waals surface area contributed by atoms with Crippen molar-refractivity contribution in [3.63, 3.8) is 0 Å². The molecule has 0 amide bonds. The lowest BCUT2D eigenvalue weighted by Crippen LogP contribution is -2.10. The molecule has 0 radical (unpaired) electrons. The summed E-state index contributed by atoms with van der Waals surface area (Å²) in [7, 11) is 0. The molecule has 0 saturated heterocycles. The van der Waals surface area contributed by atoms with E-state index >= 15 is 0 Å². The maximum atomic E-state index is 5.97. The third-order valence-corrected chi connectivity index (χ3v) is 2.49. The highest BCUT2D eigenvalue weighted by Gasteiger charge is 2.31. The first-order valence-corrected chi connectivity index (χ1v) is 4.65. The van der Waals surface area contributed by atoms with Gasteiger partial charge in [0.05, 0.1) is 6.04 Å². The second-order valence-corrected chi connectivity index (χ2v) is 3.52. The van der Waals surface area contributed by atoms with E-state index in [1.54, 1.807) is 0 Å². The first-order chi connectivity index (χ1) is 5.81. The zero-order valence-corrected chi connectivity index (χ0v) is 8.64. The van der Waals surface area contributed by atoms with Crippen LogP contribution in [0, 0.1) is 5.92 Å². The Labute approximate surface area is 84.9 Å². The lowest BCUT2D eigenvalue weighted by molar-refractivity contribution is 0.417. The van der Waals surface area contributed by atoms with E-state index < -0.39 is 0 Å². The Morgan fingerprint density at radius 2 is 2.23 bits per heavy atom. The van der Waals surface area contributed by atoms with Crippen LogP contribution in [0.1, 0.15) is 37.3 Å². The van der Waals surface area contributed by atoms with Gasteiger partial charge in [0.25, 0.3) is 0 Å². The molecule has 1 aliphatic rings. The molecule has 0 unspecified atom stereocenters. The van der Waals surface area contributed by atoms with Crippen LogP contribution in [0.2, 0.25) is 0 Å². The second kappa shape index (κ2) is 4.16. The molecule has 2 N–H and O–H groups in total. The molecule has 0 aliphatic heterocycles. The third kappa shape index (κ3) is 2.26. The van der Waals surface area contributed by atoms with Gasteiger partial charge in [0.1, 0.15) is 11.5 Å². The van der Waals surface area contributed by atoms with Crippen molar-refractivity contribution in [3.8, 4) is 0 Å². The summed E-state index contributed by atoms with van der Waals surface area (Å²) in [6.07, 6.45) is 3.49. The van der Waals surface area contributed by atoms with Gasteiger partial charge < -0.3 is 10.2 Å². The van der Waals surface area contributed by atoms with Gasteiger partial charge >= 0.3 is 0 Å². The van der Waals surface area contributed by atoms with E-state index in [9.17, 15) is 0 Å². The fourth-order valence-corrected chi connectivity index (χ4v) is 1.45. The number of rotatable bonds is 3. The van der Waals surface area contributed by atoms with E-state index in [0.717, 1.165) is 17.9 Å². The van der Waals surface area contributed by atoms with E-state index in [1.165, 1.54) is 12.8 Å². The van der Waals surface area contributed by atoms with Crippen molar-refractivity contribution in [1.82, 2.24) is 0 Å². The molecular weight excluding hydrogens is 186 g/mol. The van der Waals surface area contributed by atoms with Gasteiger partial charge in [-0.1, -0.05) is 6.92 Å². The van der Waals surface area contributed by atoms with Gasteiger partial charge in [-0.2, -0.15) is 0 Å². The summed E-state index contributed by atoms with van der Waals surface area (Å²) in [4.78, 5) is 0. The molecule has 2 rings (SSSR count). The summed E-state index contributed by atoms with van der Waals surface area (Å²) in [5.41, 5.74) is 5.97. The van der Waals surface area contributed by atoms with Gasteiger partial charge in [-0.3, -0.25) is 0 Å². The van der Waals surface area contributed by atoms with Crippen LogP contribution in [0.25, 0.3) is 0 Å². The summed E-state index contributed by atoms with van der Waals surface area (Å²) in [6, 6.07) is 4.18. The molecule has 1 atom stereocenters. The van der Waals surface area contributed by atoms with Gasteiger partial charge in [-0.25, -0.2) is 0 Å². The van der Waals surface area contributed by atoms with Crippen molar-refractivity contribution >= 4 is 12.4 Å². The van der Waals surface area contributed by atoms with Crippen LogP contribution in [0.15, 0.2) is 16.5 Å². The van der Waals surface area contributed by atoms with Crippen LogP contribution in [-0.4, -0.2) is 0 Å². The van der Waals surface area contributed by atoms with E-state index in [0.29, 0.717) is 5.92 Å². The van der Waals surface area contributed by atoms with Crippen molar-refractivity contribution in [2.75, 3.05) is 0 Å². The molecule has 2 nitrogen and oxygen atoms in total. The quantitative estimate of drug-likeness (QED) is 0.817. The van der Waals surface area contributed by atoms with Gasteiger partial charge in [0.15, 0.2) is 0 Å². The van der Waals surface area contributed by atoms with E-state index in [2.05, 4.69) is 6.92 Å². The van der Waals surface area contributed by atoms with E-state index in [-0.39, 0.29) is 18.4 Å². The predicted molar refractivity (Wildman–Crippen MR) is 55.0 cm³/mol. The van der Waals surface area contributed by atoms with Crippen LogP contribution < -0.4 is 5.73 Å². The predicted octanol–water partition coefficient (Wildman–Crippen LogP) is 2.67. The van der Waals surface area contributed by atoms with Crippen molar-refractivity contribution in [1.29, 1.82) is 0 Å². The number of nitrogens with two attached hydrogens (primary N) is 1. The Hall–Kier alpha value is -0.470. The van der Waals surface area contributed by atoms with E-state index in [1.807, 2.05) is 12.1 Å². The number of hydrogen-bond acceptors (Lipinski definition) is 2. The lowest BCUT2D eigenvalue weighted by atomic mass is 10.1. The van der Waals surface area contributed by atoms with Crippen molar-refractivity contribution in [2.24, 2.45) is 11.7 Å². The number of aryl methyl sites for hydroxylation is 1. The molecule has 0 bridgehead atoms. The van der Waals surface area contributed by atoms with Gasteiger partial charge in [0, 0.05) is 6.42 Å². The Kier molecular flexibility index (Phi) is 3.40. The normalized spacial score (nSPS) is 18.0. The lowest BCUT2D eigenvalue weighted by Gasteiger charge is -2.05. The average Bonchev–Trinajstić information content (AvgIpc) is 2.82. The molecule has 74 valence electrons. The highest BCUT2D eigenvalue weighted by Crippen LogP contribution is 2.39. The van der Waals surface area contributed by atoms with E-state index in [4.69, 9.17) is 10.2 Å². The Bertz CT molecular complexity index is 268. The SMILES string of the molecule is CCc1ccc([C@H](N)C2CC2)o1.Cl. The highest BCUT2D eigenvalue weighted by molar-refractivity contribution is 5.85. The molecule has 1 saturated carbocycles. The standard InChI is InChI=1S/C10H15NO.ClH/c1-2-8-5-6-9(12-8)10(11)7-3-4-7;/h5-7,10H,2-4,11H2,1H3;1H/t10-;/m1./s1. The number of halogens is 1. The maximum absolute atomic E-state index is 5.97. The van der Waals surface area contributed by atoms with Crippen LogP contribution >= 0.6 is 12.4 Å². The molecule has 1 aromatic heterocycles. The summed E-state index contributed by atoms with van der Waals surface area (Å²) in [6.45, 7) is 2.09. The minimum Gasteiger partial charge on any atom is -0.464 e. The van der Waals surface area contributed by atoms with Crippen LogP contribution in [0.5, 0.6) is 0 Å². The first kappa shape index (κ1) is 10.6. The maximum Gasteiger partial charge on any atom is 0.121 e. The van der Waals surface area contributed by atoms with Crippen molar-refractivity contribution in [2.45, 2.75) is 32.2 Å². The van der Waals surface area contributed by atoms with Crippen LogP contribution in [0.4, 0.5) is 0 Å². The fraction of sp³-hybridized carbons (Fsp3) is 0.600. The zero-order chi connectivity index (χ0) is 8.55. The van der Waals surface area contributed by atoms with Crippen molar-refractivity contribution < 1.29 is 4.42 Å². The Balaban J connectivity index is 0.000000845. The minimum absolute atomic E-state index is 0. The van der Waals surface area contributed by atoms with Crippen LogP contribution in [-0.2, 0) is 6.42 Å². The Morgan fingerprint density at radius 3 is 2.69 bits per heavy atom. The summed E-state index contributed by atoms with van der Waals surface area (Å²) < 4.78 is 5.57. The summed E-state index contributed by atoms with van der Waals surface area (Å²) >= 11 is 0. The smallest absolute Gasteiger partial charge is 0.121 e. The zero-order valence-electron chi connectivity index (χ0n) is 7.82. The molecule has 1 aromatic rings. The average molecular weight is 202 g/mol. The Morgan fingerprint density at radius 1 is 1.54 bits per heavy atom. The van der Waals surface area contributed by atoms with Crippen molar-refractivity contribution in [3.05, 3.63) is 23.7 Å². The molecule has 0 aromatic carbocycles. The first-order valence-electron chi connectivity index (χ1n) is 4.65. The molecule has 3 heteroatoms. The molecule has 13 heavy (non-hydrogen) atoms. The number of hydrogen-bond donors (Lipinski definition) is 1. The molecular formula is C10H16ClNO. The molecule has 1 heterocycles. The topological polar surface area (TPSA) is 39.2 Å². The largest absolute Gasteiger partial charge is 0.464 e. The highest BCUT2D eigenvalue weighted by atomic mass is 35.5. The van der Waals surface area contributed by atoms with Gasteiger partial charge in [-0.05, 0) is 30.9 Å². The molecule has 1 fully saturated rings. The van der Waals surface area contributed by atoms with Gasteiger partial charge in [-0.15, -0.1) is 12.4 Å². The minimum atomic E-state index is 0.